The van der Waals surface area contributed by atoms with Crippen LogP contribution in [0.2, 0.25) is 0 Å². The first-order valence-electron chi connectivity index (χ1n) is 13.1. The average Bonchev–Trinajstić information content (AvgIpc) is 3.66. The third-order valence-corrected chi connectivity index (χ3v) is 8.60. The highest BCUT2D eigenvalue weighted by Crippen LogP contribution is 2.47. The van der Waals surface area contributed by atoms with Gasteiger partial charge in [-0.15, -0.1) is 0 Å². The number of anilines is 1. The molecule has 3 aromatic rings. The summed E-state index contributed by atoms with van der Waals surface area (Å²) in [5, 5.41) is 0. The number of piperidine rings is 1. The number of nitrogens with zero attached hydrogens (tertiary/aromatic N) is 4. The minimum Gasteiger partial charge on any atom is -0.356 e. The summed E-state index contributed by atoms with van der Waals surface area (Å²) < 4.78 is 16.3. The fourth-order valence-corrected chi connectivity index (χ4v) is 6.20. The summed E-state index contributed by atoms with van der Waals surface area (Å²) in [5.74, 6) is 1.13. The molecule has 1 aromatic heterocycles. The van der Waals surface area contributed by atoms with Crippen molar-refractivity contribution in [2.45, 2.75) is 64.2 Å². The van der Waals surface area contributed by atoms with Crippen LogP contribution in [-0.2, 0) is 0 Å². The Balaban J connectivity index is 1.45. The van der Waals surface area contributed by atoms with Crippen LogP contribution in [0.3, 0.4) is 0 Å². The van der Waals surface area contributed by atoms with E-state index in [0.717, 1.165) is 31.6 Å². The number of rotatable bonds is 4. The fraction of sp³-hybridized carbons (Fsp3) is 0.433. The molecule has 0 radical (unpaired) electrons. The van der Waals surface area contributed by atoms with Crippen molar-refractivity contribution >= 4 is 11.5 Å². The Morgan fingerprint density at radius 1 is 1.03 bits per heavy atom. The van der Waals surface area contributed by atoms with E-state index in [1.165, 1.54) is 56.2 Å². The number of hydrogen-bond acceptors (Lipinski definition) is 3. The largest absolute Gasteiger partial charge is 0.356 e. The van der Waals surface area contributed by atoms with Crippen LogP contribution in [-0.4, -0.2) is 22.6 Å². The summed E-state index contributed by atoms with van der Waals surface area (Å²) in [4.78, 5) is 24.4. The third kappa shape index (κ3) is 4.01. The molecule has 5 nitrogen and oxygen atoms in total. The van der Waals surface area contributed by atoms with Gasteiger partial charge >= 0.3 is 0 Å². The molecule has 0 bridgehead atoms. The van der Waals surface area contributed by atoms with E-state index in [0.29, 0.717) is 34.1 Å². The zero-order chi connectivity index (χ0) is 24.9. The Morgan fingerprint density at radius 3 is 2.33 bits per heavy atom. The van der Waals surface area contributed by atoms with E-state index in [9.17, 15) is 9.18 Å². The highest BCUT2D eigenvalue weighted by molar-refractivity contribution is 5.66. The van der Waals surface area contributed by atoms with Gasteiger partial charge in [0.15, 0.2) is 0 Å². The number of hydrogen-bond donors (Lipinski definition) is 0. The van der Waals surface area contributed by atoms with Crippen LogP contribution in [0.15, 0.2) is 47.3 Å². The summed E-state index contributed by atoms with van der Waals surface area (Å²) in [7, 11) is 0. The fourth-order valence-electron chi connectivity index (χ4n) is 6.20. The normalized spacial score (nSPS) is 19.0. The molecule has 3 fully saturated rings. The molecule has 2 saturated carbocycles. The quantitative estimate of drug-likeness (QED) is 0.379. The maximum atomic E-state index is 14.7. The van der Waals surface area contributed by atoms with Crippen LogP contribution in [0.25, 0.3) is 21.9 Å². The van der Waals surface area contributed by atoms with Crippen LogP contribution in [0.4, 0.5) is 15.9 Å². The Kier molecular flexibility index (Phi) is 5.67. The van der Waals surface area contributed by atoms with Crippen molar-refractivity contribution in [1.82, 2.24) is 9.55 Å². The molecule has 0 N–H and O–H groups in total. The molecule has 0 unspecified atom stereocenters. The van der Waals surface area contributed by atoms with Crippen LogP contribution in [0.5, 0.6) is 0 Å². The lowest BCUT2D eigenvalue weighted by molar-refractivity contribution is 0.226. The topological polar surface area (TPSA) is 42.5 Å². The summed E-state index contributed by atoms with van der Waals surface area (Å²) in [5.41, 5.74) is 3.41. The number of halogens is 1. The molecular weight excluding hydrogens is 451 g/mol. The van der Waals surface area contributed by atoms with Crippen LogP contribution >= 0.6 is 0 Å². The molecule has 184 valence electrons. The van der Waals surface area contributed by atoms with Gasteiger partial charge in [-0.25, -0.2) is 14.2 Å². The van der Waals surface area contributed by atoms with E-state index in [1.54, 1.807) is 10.6 Å². The van der Waals surface area contributed by atoms with Gasteiger partial charge in [-0.3, -0.25) is 9.36 Å². The first kappa shape index (κ1) is 23.0. The molecule has 36 heavy (non-hydrogen) atoms. The lowest BCUT2D eigenvalue weighted by Gasteiger charge is -2.40. The molecule has 0 amide bonds. The molecule has 1 saturated heterocycles. The van der Waals surface area contributed by atoms with Gasteiger partial charge in [-0.1, -0.05) is 37.1 Å². The molecule has 2 aromatic carbocycles. The van der Waals surface area contributed by atoms with Crippen LogP contribution in [0, 0.1) is 24.7 Å². The minimum absolute atomic E-state index is 0.0355. The van der Waals surface area contributed by atoms with Gasteiger partial charge in [0.25, 0.3) is 5.56 Å². The SMILES string of the molecule is [C-]#[N+]c1ccc(-c2nc(N3CCC4(CCCC4)CC3)c(C)c(=O)n2-c2ccc(C3CC3)cc2)cc1F. The Bertz CT molecular complexity index is 1400. The maximum absolute atomic E-state index is 14.7. The van der Waals surface area contributed by atoms with Crippen molar-refractivity contribution in [3.05, 3.63) is 81.2 Å². The van der Waals surface area contributed by atoms with Gasteiger partial charge < -0.3 is 4.90 Å². The lowest BCUT2D eigenvalue weighted by atomic mass is 9.77. The van der Waals surface area contributed by atoms with E-state index >= 15 is 0 Å². The highest BCUT2D eigenvalue weighted by Gasteiger charge is 2.38. The van der Waals surface area contributed by atoms with Crippen molar-refractivity contribution in [2.24, 2.45) is 5.41 Å². The molecular formula is C30H31FN4O. The maximum Gasteiger partial charge on any atom is 0.263 e. The molecule has 6 heteroatoms. The van der Waals surface area contributed by atoms with Gasteiger partial charge in [0.05, 0.1) is 17.8 Å². The standard InChI is InChI=1S/C30H31FN4O/c1-20-27(34-17-15-30(16-18-34)13-3-4-14-30)33-28(23-9-12-26(32-2)25(31)19-23)35(29(20)36)24-10-7-22(8-11-24)21-5-6-21/h7-12,19,21H,3-6,13-18H2,1H3. The summed E-state index contributed by atoms with van der Waals surface area (Å²) >= 11 is 0. The predicted molar refractivity (Wildman–Crippen MR) is 141 cm³/mol. The summed E-state index contributed by atoms with van der Waals surface area (Å²) in [6, 6.07) is 12.6. The van der Waals surface area contributed by atoms with Gasteiger partial charge in [-0.2, -0.15) is 0 Å². The van der Waals surface area contributed by atoms with Crippen molar-refractivity contribution in [3.63, 3.8) is 0 Å². The lowest BCUT2D eigenvalue weighted by Crippen LogP contribution is -2.41. The van der Waals surface area contributed by atoms with E-state index in [2.05, 4.69) is 21.9 Å². The van der Waals surface area contributed by atoms with Crippen LogP contribution < -0.4 is 10.5 Å². The number of aromatic nitrogens is 2. The monoisotopic (exact) mass is 482 g/mol. The van der Waals surface area contributed by atoms with Gasteiger partial charge in [0.1, 0.15) is 17.5 Å². The van der Waals surface area contributed by atoms with E-state index in [4.69, 9.17) is 11.6 Å². The minimum atomic E-state index is -0.601. The van der Waals surface area contributed by atoms with Crippen molar-refractivity contribution in [1.29, 1.82) is 0 Å². The molecule has 6 rings (SSSR count). The molecule has 2 aliphatic carbocycles. The molecule has 1 aliphatic heterocycles. The molecule has 3 aliphatic rings. The van der Waals surface area contributed by atoms with E-state index in [-0.39, 0.29) is 11.2 Å². The van der Waals surface area contributed by atoms with Gasteiger partial charge in [0.2, 0.25) is 5.69 Å². The summed E-state index contributed by atoms with van der Waals surface area (Å²) in [6.45, 7) is 10.8. The van der Waals surface area contributed by atoms with Gasteiger partial charge in [-0.05, 0) is 80.5 Å². The van der Waals surface area contributed by atoms with E-state index < -0.39 is 5.82 Å². The summed E-state index contributed by atoms with van der Waals surface area (Å²) in [6.07, 6.45) is 9.94. The second kappa shape index (κ2) is 8.89. The number of benzene rings is 2. The first-order valence-corrected chi connectivity index (χ1v) is 13.1. The Labute approximate surface area is 211 Å². The molecule has 0 atom stereocenters. The van der Waals surface area contributed by atoms with Crippen molar-refractivity contribution < 1.29 is 4.39 Å². The van der Waals surface area contributed by atoms with Gasteiger partial charge in [0, 0.05) is 18.7 Å². The second-order valence-electron chi connectivity index (χ2n) is 10.9. The highest BCUT2D eigenvalue weighted by atomic mass is 19.1. The smallest absolute Gasteiger partial charge is 0.263 e. The van der Waals surface area contributed by atoms with Crippen molar-refractivity contribution in [3.8, 4) is 17.1 Å². The Hall–Kier alpha value is -3.46. The van der Waals surface area contributed by atoms with Crippen molar-refractivity contribution in [2.75, 3.05) is 18.0 Å². The zero-order valence-corrected chi connectivity index (χ0v) is 20.8. The predicted octanol–water partition coefficient (Wildman–Crippen LogP) is 6.94. The van der Waals surface area contributed by atoms with E-state index in [1.807, 2.05) is 19.1 Å². The first-order chi connectivity index (χ1) is 17.5. The second-order valence-corrected chi connectivity index (χ2v) is 10.9. The molecule has 2 heterocycles. The molecule has 1 spiro atoms. The average molecular weight is 483 g/mol. The van der Waals surface area contributed by atoms with Crippen LogP contribution in [0.1, 0.15) is 68.4 Å². The zero-order valence-electron chi connectivity index (χ0n) is 20.8. The Morgan fingerprint density at radius 2 is 1.72 bits per heavy atom. The third-order valence-electron chi connectivity index (χ3n) is 8.60.